The van der Waals surface area contributed by atoms with Gasteiger partial charge in [-0.15, -0.1) is 0 Å². The van der Waals surface area contributed by atoms with Crippen LogP contribution in [0.25, 0.3) is 0 Å². The maximum atomic E-state index is 11.8. The van der Waals surface area contributed by atoms with Gasteiger partial charge in [0.2, 0.25) is 0 Å². The molecule has 2 aliphatic heterocycles. The SMILES string of the molecule is CCOC(=O)N(CC)C1CC2CCC(C1)N2. The van der Waals surface area contributed by atoms with Crippen molar-refractivity contribution in [2.45, 2.75) is 57.7 Å². The Morgan fingerprint density at radius 2 is 1.94 bits per heavy atom. The number of hydrogen-bond acceptors (Lipinski definition) is 3. The first kappa shape index (κ1) is 11.7. The Morgan fingerprint density at radius 1 is 1.31 bits per heavy atom. The molecule has 2 rings (SSSR count). The van der Waals surface area contributed by atoms with Crippen LogP contribution >= 0.6 is 0 Å². The molecule has 0 spiro atoms. The first-order valence-corrected chi connectivity index (χ1v) is 6.44. The van der Waals surface area contributed by atoms with Gasteiger partial charge < -0.3 is 15.0 Å². The molecule has 0 aliphatic carbocycles. The van der Waals surface area contributed by atoms with Crippen molar-refractivity contribution in [2.24, 2.45) is 0 Å². The zero-order chi connectivity index (χ0) is 11.5. The van der Waals surface area contributed by atoms with Crippen molar-refractivity contribution in [3.05, 3.63) is 0 Å². The lowest BCUT2D eigenvalue weighted by Crippen LogP contribution is -2.50. The molecule has 0 aromatic carbocycles. The monoisotopic (exact) mass is 226 g/mol. The van der Waals surface area contributed by atoms with Crippen LogP contribution in [0, 0.1) is 0 Å². The molecule has 92 valence electrons. The highest BCUT2D eigenvalue weighted by Gasteiger charge is 2.37. The van der Waals surface area contributed by atoms with Gasteiger partial charge in [0.25, 0.3) is 0 Å². The average Bonchev–Trinajstić information content (AvgIpc) is 2.59. The van der Waals surface area contributed by atoms with Crippen LogP contribution in [0.5, 0.6) is 0 Å². The quantitative estimate of drug-likeness (QED) is 0.797. The molecule has 4 heteroatoms. The molecule has 2 bridgehead atoms. The normalized spacial score (nSPS) is 32.5. The zero-order valence-electron chi connectivity index (χ0n) is 10.2. The second kappa shape index (κ2) is 5.04. The lowest BCUT2D eigenvalue weighted by atomic mass is 9.98. The number of fused-ring (bicyclic) bond motifs is 2. The number of amides is 1. The van der Waals surface area contributed by atoms with Crippen molar-refractivity contribution in [3.8, 4) is 0 Å². The molecular weight excluding hydrogens is 204 g/mol. The van der Waals surface area contributed by atoms with Gasteiger partial charge >= 0.3 is 6.09 Å². The molecule has 0 radical (unpaired) electrons. The van der Waals surface area contributed by atoms with Gasteiger partial charge in [0.1, 0.15) is 0 Å². The summed E-state index contributed by atoms with van der Waals surface area (Å²) in [4.78, 5) is 13.7. The highest BCUT2D eigenvalue weighted by Crippen LogP contribution is 2.29. The summed E-state index contributed by atoms with van der Waals surface area (Å²) in [6, 6.07) is 1.61. The summed E-state index contributed by atoms with van der Waals surface area (Å²) in [5.74, 6) is 0. The van der Waals surface area contributed by atoms with Crippen LogP contribution in [-0.2, 0) is 4.74 Å². The van der Waals surface area contributed by atoms with Crippen LogP contribution < -0.4 is 5.32 Å². The van der Waals surface area contributed by atoms with E-state index in [1.54, 1.807) is 0 Å². The number of nitrogens with one attached hydrogen (secondary N) is 1. The first-order valence-electron chi connectivity index (χ1n) is 6.44. The van der Waals surface area contributed by atoms with E-state index >= 15 is 0 Å². The molecule has 2 unspecified atom stereocenters. The fourth-order valence-corrected chi connectivity index (χ4v) is 3.02. The van der Waals surface area contributed by atoms with Gasteiger partial charge in [-0.2, -0.15) is 0 Å². The van der Waals surface area contributed by atoms with Crippen LogP contribution in [-0.4, -0.2) is 42.3 Å². The molecule has 1 amide bonds. The number of piperidine rings is 1. The summed E-state index contributed by atoms with van der Waals surface area (Å²) in [5.41, 5.74) is 0. The van der Waals surface area contributed by atoms with E-state index in [0.717, 1.165) is 19.4 Å². The fraction of sp³-hybridized carbons (Fsp3) is 0.917. The van der Waals surface area contributed by atoms with E-state index in [1.807, 2.05) is 18.7 Å². The minimum atomic E-state index is -0.142. The van der Waals surface area contributed by atoms with Crippen LogP contribution in [0.2, 0.25) is 0 Å². The Kier molecular flexibility index (Phi) is 3.69. The number of carbonyl (C=O) groups is 1. The van der Waals surface area contributed by atoms with Crippen LogP contribution in [0.15, 0.2) is 0 Å². The van der Waals surface area contributed by atoms with Crippen molar-refractivity contribution in [1.29, 1.82) is 0 Å². The predicted molar refractivity (Wildman–Crippen MR) is 62.4 cm³/mol. The summed E-state index contributed by atoms with van der Waals surface area (Å²) >= 11 is 0. The maximum absolute atomic E-state index is 11.8. The molecule has 2 atom stereocenters. The molecule has 2 saturated heterocycles. The zero-order valence-corrected chi connectivity index (χ0v) is 10.2. The number of hydrogen-bond donors (Lipinski definition) is 1. The number of rotatable bonds is 3. The van der Waals surface area contributed by atoms with E-state index in [0.29, 0.717) is 24.7 Å². The highest BCUT2D eigenvalue weighted by molar-refractivity contribution is 5.68. The van der Waals surface area contributed by atoms with Gasteiger partial charge in [0.05, 0.1) is 6.61 Å². The van der Waals surface area contributed by atoms with Gasteiger partial charge in [-0.1, -0.05) is 0 Å². The molecule has 1 N–H and O–H groups in total. The van der Waals surface area contributed by atoms with Crippen molar-refractivity contribution in [3.63, 3.8) is 0 Å². The fourth-order valence-electron chi connectivity index (χ4n) is 3.02. The standard InChI is InChI=1S/C12H22N2O2/c1-3-14(12(15)16-4-2)11-7-9-5-6-10(8-11)13-9/h9-11,13H,3-8H2,1-2H3. The van der Waals surface area contributed by atoms with Crippen molar-refractivity contribution in [2.75, 3.05) is 13.2 Å². The molecule has 2 fully saturated rings. The highest BCUT2D eigenvalue weighted by atomic mass is 16.6. The molecule has 2 aliphatic rings. The average molecular weight is 226 g/mol. The minimum Gasteiger partial charge on any atom is -0.450 e. The second-order valence-corrected chi connectivity index (χ2v) is 4.75. The van der Waals surface area contributed by atoms with E-state index in [9.17, 15) is 4.79 Å². The second-order valence-electron chi connectivity index (χ2n) is 4.75. The number of carbonyl (C=O) groups excluding carboxylic acids is 1. The summed E-state index contributed by atoms with van der Waals surface area (Å²) in [7, 11) is 0. The smallest absolute Gasteiger partial charge is 0.409 e. The third-order valence-electron chi connectivity index (χ3n) is 3.73. The predicted octanol–water partition coefficient (Wildman–Crippen LogP) is 1.75. The van der Waals surface area contributed by atoms with Crippen LogP contribution in [0.4, 0.5) is 4.79 Å². The Hall–Kier alpha value is -0.770. The number of ether oxygens (including phenoxy) is 1. The summed E-state index contributed by atoms with van der Waals surface area (Å²) < 4.78 is 5.11. The Morgan fingerprint density at radius 3 is 2.44 bits per heavy atom. The van der Waals surface area contributed by atoms with Crippen molar-refractivity contribution < 1.29 is 9.53 Å². The lowest BCUT2D eigenvalue weighted by Gasteiger charge is -2.36. The lowest BCUT2D eigenvalue weighted by molar-refractivity contribution is 0.0797. The molecular formula is C12H22N2O2. The molecule has 0 saturated carbocycles. The van der Waals surface area contributed by atoms with Crippen LogP contribution in [0.1, 0.15) is 39.5 Å². The van der Waals surface area contributed by atoms with E-state index < -0.39 is 0 Å². The van der Waals surface area contributed by atoms with E-state index in [4.69, 9.17) is 4.74 Å². The van der Waals surface area contributed by atoms with Crippen molar-refractivity contribution >= 4 is 6.09 Å². The largest absolute Gasteiger partial charge is 0.450 e. The Labute approximate surface area is 97.3 Å². The van der Waals surface area contributed by atoms with Gasteiger partial charge in [-0.3, -0.25) is 0 Å². The van der Waals surface area contributed by atoms with Gasteiger partial charge in [-0.25, -0.2) is 4.79 Å². The van der Waals surface area contributed by atoms with E-state index in [2.05, 4.69) is 5.32 Å². The Bertz CT molecular complexity index is 245. The number of nitrogens with zero attached hydrogens (tertiary/aromatic N) is 1. The summed E-state index contributed by atoms with van der Waals surface area (Å²) in [6.07, 6.45) is 4.56. The third-order valence-corrected chi connectivity index (χ3v) is 3.73. The van der Waals surface area contributed by atoms with Gasteiger partial charge in [0, 0.05) is 24.7 Å². The summed E-state index contributed by atoms with van der Waals surface area (Å²) in [6.45, 7) is 5.11. The van der Waals surface area contributed by atoms with Crippen molar-refractivity contribution in [1.82, 2.24) is 10.2 Å². The molecule has 2 heterocycles. The Balaban J connectivity index is 1.96. The molecule has 0 aromatic rings. The minimum absolute atomic E-state index is 0.142. The van der Waals surface area contributed by atoms with Gasteiger partial charge in [-0.05, 0) is 39.5 Å². The molecule has 0 aromatic heterocycles. The topological polar surface area (TPSA) is 41.6 Å². The van der Waals surface area contributed by atoms with E-state index in [1.165, 1.54) is 12.8 Å². The molecule has 16 heavy (non-hydrogen) atoms. The summed E-state index contributed by atoms with van der Waals surface area (Å²) in [5, 5.41) is 3.59. The third kappa shape index (κ3) is 2.32. The van der Waals surface area contributed by atoms with E-state index in [-0.39, 0.29) is 6.09 Å². The van der Waals surface area contributed by atoms with Crippen LogP contribution in [0.3, 0.4) is 0 Å². The maximum Gasteiger partial charge on any atom is 0.409 e. The van der Waals surface area contributed by atoms with Gasteiger partial charge in [0.15, 0.2) is 0 Å². The first-order chi connectivity index (χ1) is 7.74. The molecule has 4 nitrogen and oxygen atoms in total.